The number of nitrogens with one attached hydrogen (secondary N) is 2. The van der Waals surface area contributed by atoms with Gasteiger partial charge in [-0.3, -0.25) is 0 Å². The third-order valence-corrected chi connectivity index (χ3v) is 2.35. The van der Waals surface area contributed by atoms with Gasteiger partial charge in [-0.1, -0.05) is 12.5 Å². The van der Waals surface area contributed by atoms with E-state index in [1.54, 1.807) is 0 Å². The third-order valence-electron chi connectivity index (χ3n) is 2.35. The molecule has 3 heteroatoms. The van der Waals surface area contributed by atoms with Crippen molar-refractivity contribution >= 4 is 0 Å². The zero-order valence-corrected chi connectivity index (χ0v) is 9.34. The quantitative estimate of drug-likeness (QED) is 0.629. The highest BCUT2D eigenvalue weighted by Crippen LogP contribution is 2.07. The molecule has 0 aromatic carbocycles. The standard InChI is InChI=1S/C11H23N3/c1-11(2,12)9-13-8-6-10-5-3-4-7-14-10/h6,8,10,13-14H,3-5,7,9,12H2,1-2H3/b8-6-. The Labute approximate surface area is 87.1 Å². The Morgan fingerprint density at radius 3 is 2.86 bits per heavy atom. The van der Waals surface area contributed by atoms with Gasteiger partial charge >= 0.3 is 0 Å². The summed E-state index contributed by atoms with van der Waals surface area (Å²) >= 11 is 0. The van der Waals surface area contributed by atoms with Crippen LogP contribution in [-0.4, -0.2) is 24.7 Å². The minimum absolute atomic E-state index is 0.135. The van der Waals surface area contributed by atoms with E-state index >= 15 is 0 Å². The Balaban J connectivity index is 2.13. The highest BCUT2D eigenvalue weighted by molar-refractivity contribution is 4.94. The summed E-state index contributed by atoms with van der Waals surface area (Å²) in [5.41, 5.74) is 5.71. The van der Waals surface area contributed by atoms with E-state index < -0.39 is 0 Å². The summed E-state index contributed by atoms with van der Waals surface area (Å²) in [6.07, 6.45) is 8.13. The number of rotatable bonds is 4. The molecule has 1 saturated heterocycles. The predicted molar refractivity (Wildman–Crippen MR) is 61.1 cm³/mol. The van der Waals surface area contributed by atoms with Crippen LogP contribution in [-0.2, 0) is 0 Å². The van der Waals surface area contributed by atoms with Crippen LogP contribution in [0.4, 0.5) is 0 Å². The first-order valence-electron chi connectivity index (χ1n) is 5.50. The summed E-state index contributed by atoms with van der Waals surface area (Å²) in [7, 11) is 0. The van der Waals surface area contributed by atoms with Crippen molar-refractivity contribution in [1.82, 2.24) is 10.6 Å². The second kappa shape index (κ2) is 5.37. The Kier molecular flexibility index (Phi) is 4.42. The summed E-state index contributed by atoms with van der Waals surface area (Å²) in [5.74, 6) is 0. The molecule has 1 heterocycles. The van der Waals surface area contributed by atoms with Gasteiger partial charge in [-0.2, -0.15) is 0 Å². The van der Waals surface area contributed by atoms with E-state index in [9.17, 15) is 0 Å². The number of hydrogen-bond donors (Lipinski definition) is 3. The second-order valence-electron chi connectivity index (χ2n) is 4.78. The van der Waals surface area contributed by atoms with E-state index in [4.69, 9.17) is 5.73 Å². The summed E-state index contributed by atoms with van der Waals surface area (Å²) in [4.78, 5) is 0. The molecule has 1 rings (SSSR count). The molecule has 0 aromatic heterocycles. The van der Waals surface area contributed by atoms with Gasteiger partial charge in [-0.15, -0.1) is 0 Å². The predicted octanol–water partition coefficient (Wildman–Crippen LogP) is 0.969. The van der Waals surface area contributed by atoms with Crippen LogP contribution in [0, 0.1) is 0 Å². The van der Waals surface area contributed by atoms with E-state index in [0.717, 1.165) is 13.1 Å². The maximum atomic E-state index is 5.84. The molecule has 0 aromatic rings. The van der Waals surface area contributed by atoms with Gasteiger partial charge in [-0.25, -0.2) is 0 Å². The summed E-state index contributed by atoms with van der Waals surface area (Å²) in [6.45, 7) is 6.01. The van der Waals surface area contributed by atoms with Crippen LogP contribution in [0.3, 0.4) is 0 Å². The molecule has 1 fully saturated rings. The first-order valence-corrected chi connectivity index (χ1v) is 5.50. The minimum Gasteiger partial charge on any atom is -0.389 e. The summed E-state index contributed by atoms with van der Waals surface area (Å²) in [6, 6.07) is 0.553. The molecule has 1 aliphatic heterocycles. The first kappa shape index (κ1) is 11.5. The SMILES string of the molecule is CC(C)(N)CN/C=C\C1CCCCN1. The van der Waals surface area contributed by atoms with Gasteiger partial charge in [0.05, 0.1) is 0 Å². The van der Waals surface area contributed by atoms with Crippen LogP contribution < -0.4 is 16.4 Å². The van der Waals surface area contributed by atoms with Gasteiger partial charge in [0.2, 0.25) is 0 Å². The van der Waals surface area contributed by atoms with Crippen molar-refractivity contribution in [1.29, 1.82) is 0 Å². The zero-order chi connectivity index (χ0) is 10.4. The number of nitrogens with two attached hydrogens (primary N) is 1. The number of piperidine rings is 1. The first-order chi connectivity index (χ1) is 6.58. The molecule has 82 valence electrons. The minimum atomic E-state index is -0.135. The summed E-state index contributed by atoms with van der Waals surface area (Å²) in [5, 5.41) is 6.69. The molecule has 0 radical (unpaired) electrons. The van der Waals surface area contributed by atoms with Crippen molar-refractivity contribution in [2.24, 2.45) is 5.73 Å². The maximum absolute atomic E-state index is 5.84. The molecule has 0 aliphatic carbocycles. The normalized spacial score (nSPS) is 24.1. The highest BCUT2D eigenvalue weighted by Gasteiger charge is 2.09. The largest absolute Gasteiger partial charge is 0.389 e. The molecule has 0 bridgehead atoms. The van der Waals surface area contributed by atoms with E-state index in [0.29, 0.717) is 6.04 Å². The van der Waals surface area contributed by atoms with Crippen molar-refractivity contribution in [2.75, 3.05) is 13.1 Å². The van der Waals surface area contributed by atoms with Crippen molar-refractivity contribution in [2.45, 2.75) is 44.7 Å². The Hall–Kier alpha value is -0.540. The molecule has 1 atom stereocenters. The van der Waals surface area contributed by atoms with Gasteiger partial charge in [0.15, 0.2) is 0 Å². The van der Waals surface area contributed by atoms with Gasteiger partial charge in [0.1, 0.15) is 0 Å². The lowest BCUT2D eigenvalue weighted by atomic mass is 10.1. The maximum Gasteiger partial charge on any atom is 0.0316 e. The molecule has 1 aliphatic rings. The van der Waals surface area contributed by atoms with Crippen LogP contribution in [0.25, 0.3) is 0 Å². The zero-order valence-electron chi connectivity index (χ0n) is 9.34. The third kappa shape index (κ3) is 5.25. The molecule has 4 N–H and O–H groups in total. The van der Waals surface area contributed by atoms with Crippen molar-refractivity contribution in [3.63, 3.8) is 0 Å². The van der Waals surface area contributed by atoms with Crippen molar-refractivity contribution < 1.29 is 0 Å². The fourth-order valence-electron chi connectivity index (χ4n) is 1.55. The van der Waals surface area contributed by atoms with Crippen LogP contribution in [0.2, 0.25) is 0 Å². The highest BCUT2D eigenvalue weighted by atomic mass is 14.9. The molecule has 0 spiro atoms. The average molecular weight is 197 g/mol. The van der Waals surface area contributed by atoms with Gasteiger partial charge in [0.25, 0.3) is 0 Å². The topological polar surface area (TPSA) is 50.1 Å². The fourth-order valence-corrected chi connectivity index (χ4v) is 1.55. The van der Waals surface area contributed by atoms with Crippen LogP contribution >= 0.6 is 0 Å². The Morgan fingerprint density at radius 2 is 2.29 bits per heavy atom. The smallest absolute Gasteiger partial charge is 0.0316 e. The monoisotopic (exact) mass is 197 g/mol. The molecule has 3 nitrogen and oxygen atoms in total. The lowest BCUT2D eigenvalue weighted by Gasteiger charge is -2.21. The van der Waals surface area contributed by atoms with E-state index in [1.165, 1.54) is 19.3 Å². The molecule has 0 amide bonds. The van der Waals surface area contributed by atoms with E-state index in [1.807, 2.05) is 20.0 Å². The van der Waals surface area contributed by atoms with E-state index in [-0.39, 0.29) is 5.54 Å². The van der Waals surface area contributed by atoms with Gasteiger partial charge in [-0.05, 0) is 39.4 Å². The van der Waals surface area contributed by atoms with Crippen LogP contribution in [0.1, 0.15) is 33.1 Å². The number of hydrogen-bond acceptors (Lipinski definition) is 3. The molecular formula is C11H23N3. The van der Waals surface area contributed by atoms with Crippen LogP contribution in [0.15, 0.2) is 12.3 Å². The van der Waals surface area contributed by atoms with Crippen LogP contribution in [0.5, 0.6) is 0 Å². The fraction of sp³-hybridized carbons (Fsp3) is 0.818. The van der Waals surface area contributed by atoms with Gasteiger partial charge in [0, 0.05) is 18.1 Å². The molecule has 0 saturated carbocycles. The Morgan fingerprint density at radius 1 is 1.50 bits per heavy atom. The molecular weight excluding hydrogens is 174 g/mol. The van der Waals surface area contributed by atoms with Crippen molar-refractivity contribution in [3.05, 3.63) is 12.3 Å². The van der Waals surface area contributed by atoms with Gasteiger partial charge < -0.3 is 16.4 Å². The second-order valence-corrected chi connectivity index (χ2v) is 4.78. The molecule has 14 heavy (non-hydrogen) atoms. The lowest BCUT2D eigenvalue weighted by molar-refractivity contribution is 0.451. The van der Waals surface area contributed by atoms with Crippen molar-refractivity contribution in [3.8, 4) is 0 Å². The summed E-state index contributed by atoms with van der Waals surface area (Å²) < 4.78 is 0. The van der Waals surface area contributed by atoms with E-state index in [2.05, 4.69) is 16.7 Å². The molecule has 1 unspecified atom stereocenters. The Bertz CT molecular complexity index is 175. The lowest BCUT2D eigenvalue weighted by Crippen LogP contribution is -2.41. The average Bonchev–Trinajstić information content (AvgIpc) is 2.13.